The van der Waals surface area contributed by atoms with Crippen LogP contribution in [0.4, 0.5) is 4.39 Å². The average Bonchev–Trinajstić information content (AvgIpc) is 3.38. The molecule has 0 radical (unpaired) electrons. The molecule has 0 bridgehead atoms. The molecule has 1 aromatic heterocycles. The zero-order valence-corrected chi connectivity index (χ0v) is 16.9. The third kappa shape index (κ3) is 5.62. The topological polar surface area (TPSA) is 88.3 Å². The molecule has 1 aliphatic heterocycles. The van der Waals surface area contributed by atoms with Crippen LogP contribution in [-0.2, 0) is 16.0 Å². The third-order valence-electron chi connectivity index (χ3n) is 5.03. The van der Waals surface area contributed by atoms with Gasteiger partial charge in [-0.1, -0.05) is 19.0 Å². The Morgan fingerprint density at radius 1 is 1.21 bits per heavy atom. The van der Waals surface area contributed by atoms with Crippen molar-refractivity contribution in [2.75, 3.05) is 13.1 Å². The Morgan fingerprint density at radius 3 is 2.55 bits per heavy atom. The summed E-state index contributed by atoms with van der Waals surface area (Å²) in [5.41, 5.74) is 0.666. The van der Waals surface area contributed by atoms with E-state index in [0.29, 0.717) is 30.1 Å². The molecule has 29 heavy (non-hydrogen) atoms. The molecule has 0 spiro atoms. The number of hydrogen-bond acceptors (Lipinski definition) is 5. The molecular formula is C21H27FN4O3. The Kier molecular flexibility index (Phi) is 6.95. The van der Waals surface area contributed by atoms with Crippen molar-refractivity contribution in [3.8, 4) is 11.4 Å². The second-order valence-electron chi connectivity index (χ2n) is 7.69. The van der Waals surface area contributed by atoms with Gasteiger partial charge in [-0.25, -0.2) is 4.39 Å². The zero-order chi connectivity index (χ0) is 20.8. The molecule has 0 unspecified atom stereocenters. The number of carbonyl (C=O) groups is 2. The van der Waals surface area contributed by atoms with Crippen molar-refractivity contribution in [3.05, 3.63) is 36.0 Å². The molecule has 2 amide bonds. The number of halogens is 1. The van der Waals surface area contributed by atoms with Gasteiger partial charge in [-0.15, -0.1) is 0 Å². The van der Waals surface area contributed by atoms with Crippen molar-refractivity contribution in [3.63, 3.8) is 0 Å². The van der Waals surface area contributed by atoms with Crippen LogP contribution >= 0.6 is 0 Å². The lowest BCUT2D eigenvalue weighted by Crippen LogP contribution is -2.50. The van der Waals surface area contributed by atoms with Crippen LogP contribution in [0.5, 0.6) is 0 Å². The van der Waals surface area contributed by atoms with E-state index < -0.39 is 6.04 Å². The fourth-order valence-corrected chi connectivity index (χ4v) is 3.37. The first-order chi connectivity index (χ1) is 13.9. The SMILES string of the molecule is CC(C)[C@H](NC(=O)CCCc1nc(-c2ccc(F)cc2)no1)C(=O)N1CCCC1. The second kappa shape index (κ2) is 9.62. The minimum Gasteiger partial charge on any atom is -0.344 e. The van der Waals surface area contributed by atoms with E-state index in [0.717, 1.165) is 25.9 Å². The Hall–Kier alpha value is -2.77. The van der Waals surface area contributed by atoms with Crippen molar-refractivity contribution in [2.45, 2.75) is 52.0 Å². The van der Waals surface area contributed by atoms with E-state index in [4.69, 9.17) is 4.52 Å². The van der Waals surface area contributed by atoms with E-state index in [9.17, 15) is 14.0 Å². The lowest BCUT2D eigenvalue weighted by atomic mass is 10.0. The molecule has 0 aliphatic carbocycles. The van der Waals surface area contributed by atoms with E-state index in [1.807, 2.05) is 18.7 Å². The zero-order valence-electron chi connectivity index (χ0n) is 16.9. The van der Waals surface area contributed by atoms with Crippen LogP contribution in [0.25, 0.3) is 11.4 Å². The van der Waals surface area contributed by atoms with Crippen LogP contribution in [0.1, 0.15) is 45.4 Å². The fourth-order valence-electron chi connectivity index (χ4n) is 3.37. The van der Waals surface area contributed by atoms with Gasteiger partial charge in [0.1, 0.15) is 11.9 Å². The van der Waals surface area contributed by atoms with Crippen molar-refractivity contribution >= 4 is 11.8 Å². The van der Waals surface area contributed by atoms with Gasteiger partial charge in [0.2, 0.25) is 23.5 Å². The van der Waals surface area contributed by atoms with Crippen LogP contribution < -0.4 is 5.32 Å². The van der Waals surface area contributed by atoms with E-state index >= 15 is 0 Å². The summed E-state index contributed by atoms with van der Waals surface area (Å²) in [6.45, 7) is 5.42. The lowest BCUT2D eigenvalue weighted by Gasteiger charge is -2.26. The van der Waals surface area contributed by atoms with Gasteiger partial charge in [0.05, 0.1) is 0 Å². The quantitative estimate of drug-likeness (QED) is 0.733. The summed E-state index contributed by atoms with van der Waals surface area (Å²) in [6.07, 6.45) is 3.29. The Labute approximate surface area is 169 Å². The number of benzene rings is 1. The monoisotopic (exact) mass is 402 g/mol. The molecule has 1 N–H and O–H groups in total. The summed E-state index contributed by atoms with van der Waals surface area (Å²) in [6, 6.07) is 5.35. The highest BCUT2D eigenvalue weighted by Crippen LogP contribution is 2.17. The number of rotatable bonds is 8. The summed E-state index contributed by atoms with van der Waals surface area (Å²) in [4.78, 5) is 31.1. The predicted octanol–water partition coefficient (Wildman–Crippen LogP) is 2.96. The fraction of sp³-hybridized carbons (Fsp3) is 0.524. The first kappa shape index (κ1) is 21.0. The molecule has 8 heteroatoms. The summed E-state index contributed by atoms with van der Waals surface area (Å²) in [5.74, 6) is 0.361. The molecule has 156 valence electrons. The van der Waals surface area contributed by atoms with Crippen LogP contribution in [-0.4, -0.2) is 46.0 Å². The highest BCUT2D eigenvalue weighted by atomic mass is 19.1. The molecule has 1 atom stereocenters. The molecule has 7 nitrogen and oxygen atoms in total. The van der Waals surface area contributed by atoms with E-state index in [1.165, 1.54) is 12.1 Å². The second-order valence-corrected chi connectivity index (χ2v) is 7.69. The van der Waals surface area contributed by atoms with Crippen LogP contribution in [0.15, 0.2) is 28.8 Å². The molecule has 1 fully saturated rings. The first-order valence-electron chi connectivity index (χ1n) is 10.1. The number of likely N-dealkylation sites (tertiary alicyclic amines) is 1. The van der Waals surface area contributed by atoms with Crippen LogP contribution in [0.3, 0.4) is 0 Å². The van der Waals surface area contributed by atoms with Gasteiger partial charge in [0, 0.05) is 31.5 Å². The average molecular weight is 402 g/mol. The van der Waals surface area contributed by atoms with Gasteiger partial charge in [-0.3, -0.25) is 9.59 Å². The number of amides is 2. The van der Waals surface area contributed by atoms with Gasteiger partial charge in [-0.2, -0.15) is 4.98 Å². The van der Waals surface area contributed by atoms with Gasteiger partial charge in [0.15, 0.2) is 0 Å². The van der Waals surface area contributed by atoms with Crippen molar-refractivity contribution in [2.24, 2.45) is 5.92 Å². The van der Waals surface area contributed by atoms with Crippen molar-refractivity contribution in [1.82, 2.24) is 20.4 Å². The maximum Gasteiger partial charge on any atom is 0.245 e. The Morgan fingerprint density at radius 2 is 1.90 bits per heavy atom. The number of hydrogen-bond donors (Lipinski definition) is 1. The number of aryl methyl sites for hydroxylation is 1. The first-order valence-corrected chi connectivity index (χ1v) is 10.1. The molecular weight excluding hydrogens is 375 g/mol. The summed E-state index contributed by atoms with van der Waals surface area (Å²) < 4.78 is 18.2. The van der Waals surface area contributed by atoms with Crippen molar-refractivity contribution < 1.29 is 18.5 Å². The molecule has 1 saturated heterocycles. The smallest absolute Gasteiger partial charge is 0.245 e. The summed E-state index contributed by atoms with van der Waals surface area (Å²) in [5, 5.41) is 6.78. The van der Waals surface area contributed by atoms with E-state index in [2.05, 4.69) is 15.5 Å². The Balaban J connectivity index is 1.47. The van der Waals surface area contributed by atoms with Gasteiger partial charge < -0.3 is 14.7 Å². The standard InChI is InChI=1S/C21H27FN4O3/c1-14(2)19(21(28)26-12-3-4-13-26)23-17(27)6-5-7-18-24-20(25-29-18)15-8-10-16(22)11-9-15/h8-11,14,19H,3-7,12-13H2,1-2H3,(H,23,27)/t19-/m0/s1. The maximum atomic E-state index is 13.0. The minimum absolute atomic E-state index is 0.00620. The molecule has 0 saturated carbocycles. The highest BCUT2D eigenvalue weighted by molar-refractivity contribution is 5.88. The largest absolute Gasteiger partial charge is 0.344 e. The normalized spacial score (nSPS) is 15.0. The van der Waals surface area contributed by atoms with Gasteiger partial charge >= 0.3 is 0 Å². The molecule has 2 heterocycles. The molecule has 2 aromatic rings. The number of carbonyl (C=O) groups excluding carboxylic acids is 2. The number of nitrogens with one attached hydrogen (secondary N) is 1. The number of aromatic nitrogens is 2. The lowest BCUT2D eigenvalue weighted by molar-refractivity contribution is -0.136. The Bertz CT molecular complexity index is 829. The van der Waals surface area contributed by atoms with Crippen LogP contribution in [0.2, 0.25) is 0 Å². The molecule has 1 aliphatic rings. The highest BCUT2D eigenvalue weighted by Gasteiger charge is 2.29. The molecule has 3 rings (SSSR count). The number of nitrogens with zero attached hydrogens (tertiary/aromatic N) is 3. The third-order valence-corrected chi connectivity index (χ3v) is 5.03. The van der Waals surface area contributed by atoms with Gasteiger partial charge in [0.25, 0.3) is 0 Å². The van der Waals surface area contributed by atoms with Crippen LogP contribution in [0, 0.1) is 11.7 Å². The minimum atomic E-state index is -0.492. The van der Waals surface area contributed by atoms with E-state index in [1.54, 1.807) is 12.1 Å². The summed E-state index contributed by atoms with van der Waals surface area (Å²) in [7, 11) is 0. The van der Waals surface area contributed by atoms with Crippen molar-refractivity contribution in [1.29, 1.82) is 0 Å². The predicted molar refractivity (Wildman–Crippen MR) is 105 cm³/mol. The summed E-state index contributed by atoms with van der Waals surface area (Å²) >= 11 is 0. The maximum absolute atomic E-state index is 13.0. The van der Waals surface area contributed by atoms with E-state index in [-0.39, 0.29) is 30.0 Å². The van der Waals surface area contributed by atoms with Gasteiger partial charge in [-0.05, 0) is 49.4 Å². The molecule has 1 aromatic carbocycles.